The van der Waals surface area contributed by atoms with Gasteiger partial charge in [-0.2, -0.15) is 0 Å². The van der Waals surface area contributed by atoms with Crippen LogP contribution in [0.25, 0.3) is 0 Å². The first-order valence-corrected chi connectivity index (χ1v) is 9.07. The van der Waals surface area contributed by atoms with E-state index in [0.717, 1.165) is 5.56 Å². The van der Waals surface area contributed by atoms with E-state index in [2.05, 4.69) is 9.71 Å². The Morgan fingerprint density at radius 2 is 1.96 bits per heavy atom. The zero-order valence-corrected chi connectivity index (χ0v) is 14.2. The van der Waals surface area contributed by atoms with E-state index < -0.39 is 16.1 Å². The molecular weight excluding hydrogens is 314 g/mol. The van der Waals surface area contributed by atoms with Gasteiger partial charge in [0.1, 0.15) is 0 Å². The van der Waals surface area contributed by atoms with Crippen molar-refractivity contribution in [3.8, 4) is 0 Å². The summed E-state index contributed by atoms with van der Waals surface area (Å²) in [6.45, 7) is 4.40. The van der Waals surface area contributed by atoms with E-state index in [1.807, 2.05) is 24.6 Å². The number of hydrogen-bond donors (Lipinski definition) is 2. The van der Waals surface area contributed by atoms with Gasteiger partial charge in [0.25, 0.3) is 0 Å². The highest BCUT2D eigenvalue weighted by Crippen LogP contribution is 2.14. The summed E-state index contributed by atoms with van der Waals surface area (Å²) in [7, 11) is -3.63. The molecule has 2 aromatic rings. The first-order chi connectivity index (χ1) is 10.9. The molecule has 1 aromatic heterocycles. The second-order valence-electron chi connectivity index (χ2n) is 6.01. The number of benzene rings is 1. The van der Waals surface area contributed by atoms with Crippen LogP contribution in [-0.4, -0.2) is 35.7 Å². The largest absolute Gasteiger partial charge is 0.395 e. The fourth-order valence-corrected chi connectivity index (χ4v) is 3.62. The maximum absolute atomic E-state index is 12.4. The zero-order valence-electron chi connectivity index (χ0n) is 13.4. The Kier molecular flexibility index (Phi) is 5.92. The third-order valence-electron chi connectivity index (χ3n) is 3.46. The number of aliphatic hydroxyl groups is 1. The molecule has 0 amide bonds. The van der Waals surface area contributed by atoms with Crippen molar-refractivity contribution >= 4 is 10.0 Å². The van der Waals surface area contributed by atoms with Gasteiger partial charge >= 0.3 is 0 Å². The van der Waals surface area contributed by atoms with Crippen molar-refractivity contribution < 1.29 is 13.5 Å². The SMILES string of the molecule is CC(C)C[C@@H](CO)NS(=O)(=O)c1ccc(Cn2ccnc2)cc1. The van der Waals surface area contributed by atoms with E-state index in [-0.39, 0.29) is 11.5 Å². The van der Waals surface area contributed by atoms with Gasteiger partial charge < -0.3 is 9.67 Å². The molecule has 126 valence electrons. The van der Waals surface area contributed by atoms with Crippen LogP contribution in [0.2, 0.25) is 0 Å². The standard InChI is InChI=1S/C16H23N3O3S/c1-13(2)9-15(11-20)18-23(21,22)16-5-3-14(4-6-16)10-19-8-7-17-12-19/h3-8,12-13,15,18,20H,9-11H2,1-2H3/t15-/m0/s1. The van der Waals surface area contributed by atoms with E-state index in [0.29, 0.717) is 18.9 Å². The van der Waals surface area contributed by atoms with Crippen molar-refractivity contribution in [1.82, 2.24) is 14.3 Å². The molecule has 0 unspecified atom stereocenters. The lowest BCUT2D eigenvalue weighted by Crippen LogP contribution is -2.38. The van der Waals surface area contributed by atoms with Crippen LogP contribution in [0, 0.1) is 5.92 Å². The monoisotopic (exact) mass is 337 g/mol. The summed E-state index contributed by atoms with van der Waals surface area (Å²) in [6, 6.07) is 6.26. The normalized spacial score (nSPS) is 13.4. The van der Waals surface area contributed by atoms with Gasteiger partial charge in [0.2, 0.25) is 10.0 Å². The maximum atomic E-state index is 12.4. The third-order valence-corrected chi connectivity index (χ3v) is 4.99. The smallest absolute Gasteiger partial charge is 0.240 e. The molecule has 7 heteroatoms. The molecule has 0 saturated heterocycles. The first-order valence-electron chi connectivity index (χ1n) is 7.58. The fourth-order valence-electron chi connectivity index (χ4n) is 2.38. The maximum Gasteiger partial charge on any atom is 0.240 e. The van der Waals surface area contributed by atoms with Gasteiger partial charge in [-0.15, -0.1) is 0 Å². The molecule has 0 fully saturated rings. The lowest BCUT2D eigenvalue weighted by molar-refractivity contribution is 0.240. The van der Waals surface area contributed by atoms with Crippen molar-refractivity contribution in [2.45, 2.75) is 37.8 Å². The summed E-state index contributed by atoms with van der Waals surface area (Å²) < 4.78 is 29.2. The molecule has 23 heavy (non-hydrogen) atoms. The summed E-state index contributed by atoms with van der Waals surface area (Å²) in [5, 5.41) is 9.34. The van der Waals surface area contributed by atoms with Crippen molar-refractivity contribution in [1.29, 1.82) is 0 Å². The fraction of sp³-hybridized carbons (Fsp3) is 0.438. The second-order valence-corrected chi connectivity index (χ2v) is 7.72. The zero-order chi connectivity index (χ0) is 16.9. The lowest BCUT2D eigenvalue weighted by Gasteiger charge is -2.18. The highest BCUT2D eigenvalue weighted by Gasteiger charge is 2.20. The Balaban J connectivity index is 2.07. The van der Waals surface area contributed by atoms with Crippen LogP contribution in [0.15, 0.2) is 47.9 Å². The van der Waals surface area contributed by atoms with E-state index in [4.69, 9.17) is 0 Å². The minimum Gasteiger partial charge on any atom is -0.395 e. The Bertz CT molecular complexity index is 695. The minimum atomic E-state index is -3.63. The van der Waals surface area contributed by atoms with Gasteiger partial charge in [0.15, 0.2) is 0 Å². The number of aromatic nitrogens is 2. The van der Waals surface area contributed by atoms with Gasteiger partial charge in [-0.1, -0.05) is 26.0 Å². The third kappa shape index (κ3) is 5.16. The Morgan fingerprint density at radius 3 is 2.48 bits per heavy atom. The molecule has 0 aliphatic rings. The summed E-state index contributed by atoms with van der Waals surface area (Å²) in [5.41, 5.74) is 0.989. The molecule has 0 bridgehead atoms. The Hall–Kier alpha value is -1.70. The van der Waals surface area contributed by atoms with Gasteiger partial charge in [-0.3, -0.25) is 0 Å². The molecule has 6 nitrogen and oxygen atoms in total. The number of nitrogens with zero attached hydrogens (tertiary/aromatic N) is 2. The molecule has 0 aliphatic heterocycles. The molecule has 0 radical (unpaired) electrons. The number of imidazole rings is 1. The van der Waals surface area contributed by atoms with Gasteiger partial charge in [-0.05, 0) is 30.0 Å². The molecule has 0 saturated carbocycles. The van der Waals surface area contributed by atoms with Crippen LogP contribution in [0.4, 0.5) is 0 Å². The van der Waals surface area contributed by atoms with Gasteiger partial charge in [-0.25, -0.2) is 18.1 Å². The molecule has 1 heterocycles. The van der Waals surface area contributed by atoms with Crippen LogP contribution >= 0.6 is 0 Å². The molecule has 1 atom stereocenters. The molecule has 0 spiro atoms. The van der Waals surface area contributed by atoms with Crippen LogP contribution in [0.5, 0.6) is 0 Å². The van der Waals surface area contributed by atoms with Gasteiger partial charge in [0, 0.05) is 25.0 Å². The highest BCUT2D eigenvalue weighted by molar-refractivity contribution is 7.89. The predicted octanol–water partition coefficient (Wildman–Crippen LogP) is 1.62. The number of sulfonamides is 1. The minimum absolute atomic E-state index is 0.203. The van der Waals surface area contributed by atoms with Crippen LogP contribution < -0.4 is 4.72 Å². The molecule has 2 rings (SSSR count). The first kappa shape index (κ1) is 17.7. The molecular formula is C16H23N3O3S. The Labute approximate surface area is 137 Å². The predicted molar refractivity (Wildman–Crippen MR) is 88.4 cm³/mol. The van der Waals surface area contributed by atoms with Crippen LogP contribution in [-0.2, 0) is 16.6 Å². The van der Waals surface area contributed by atoms with E-state index in [1.165, 1.54) is 0 Å². The van der Waals surface area contributed by atoms with E-state index in [9.17, 15) is 13.5 Å². The lowest BCUT2D eigenvalue weighted by atomic mass is 10.1. The van der Waals surface area contributed by atoms with Crippen molar-refractivity contribution in [2.24, 2.45) is 5.92 Å². The Morgan fingerprint density at radius 1 is 1.26 bits per heavy atom. The quantitative estimate of drug-likeness (QED) is 0.766. The van der Waals surface area contributed by atoms with Crippen LogP contribution in [0.3, 0.4) is 0 Å². The average molecular weight is 337 g/mol. The molecule has 0 aliphatic carbocycles. The molecule has 1 aromatic carbocycles. The highest BCUT2D eigenvalue weighted by atomic mass is 32.2. The van der Waals surface area contributed by atoms with Crippen molar-refractivity contribution in [3.63, 3.8) is 0 Å². The summed E-state index contributed by atoms with van der Waals surface area (Å²) >= 11 is 0. The van der Waals surface area contributed by atoms with Crippen molar-refractivity contribution in [2.75, 3.05) is 6.61 Å². The van der Waals surface area contributed by atoms with Crippen LogP contribution in [0.1, 0.15) is 25.8 Å². The molecule has 2 N–H and O–H groups in total. The van der Waals surface area contributed by atoms with E-state index >= 15 is 0 Å². The summed E-state index contributed by atoms with van der Waals surface area (Å²) in [4.78, 5) is 4.18. The number of hydrogen-bond acceptors (Lipinski definition) is 4. The average Bonchev–Trinajstić information content (AvgIpc) is 2.99. The van der Waals surface area contributed by atoms with E-state index in [1.54, 1.807) is 36.8 Å². The summed E-state index contributed by atoms with van der Waals surface area (Å²) in [5.74, 6) is 0.299. The number of rotatable bonds is 8. The number of nitrogens with one attached hydrogen (secondary N) is 1. The topological polar surface area (TPSA) is 84.2 Å². The van der Waals surface area contributed by atoms with Crippen molar-refractivity contribution in [3.05, 3.63) is 48.5 Å². The van der Waals surface area contributed by atoms with Gasteiger partial charge in [0.05, 0.1) is 17.8 Å². The second kappa shape index (κ2) is 7.72. The summed E-state index contributed by atoms with van der Waals surface area (Å²) in [6.07, 6.45) is 5.86. The number of aliphatic hydroxyl groups excluding tert-OH is 1.